The summed E-state index contributed by atoms with van der Waals surface area (Å²) in [6.45, 7) is 6.88. The third-order valence-corrected chi connectivity index (χ3v) is 6.05. The normalized spacial score (nSPS) is 13.0. The largest absolute Gasteiger partial charge is 0.418 e. The first kappa shape index (κ1) is 22.4. The lowest BCUT2D eigenvalue weighted by molar-refractivity contribution is -0.135. The van der Waals surface area contributed by atoms with Crippen LogP contribution in [0.15, 0.2) is 64.5 Å². The molecule has 10 heteroatoms. The van der Waals surface area contributed by atoms with Gasteiger partial charge in [0, 0.05) is 11.7 Å². The second-order valence-electron chi connectivity index (χ2n) is 8.04. The van der Waals surface area contributed by atoms with E-state index in [0.29, 0.717) is 0 Å². The summed E-state index contributed by atoms with van der Waals surface area (Å²) in [6.07, 6.45) is 2.41. The van der Waals surface area contributed by atoms with Gasteiger partial charge in [-0.05, 0) is 45.4 Å². The Bertz CT molecular complexity index is 1220. The summed E-state index contributed by atoms with van der Waals surface area (Å²) in [4.78, 5) is 29.0. The predicted octanol–water partition coefficient (Wildman–Crippen LogP) is 2.35. The Morgan fingerprint density at radius 2 is 1.84 bits per heavy atom. The van der Waals surface area contributed by atoms with E-state index in [0.717, 1.165) is 16.4 Å². The first-order valence-electron chi connectivity index (χ1n) is 9.55. The highest BCUT2D eigenvalue weighted by molar-refractivity contribution is 7.89. The molecule has 1 unspecified atom stereocenters. The van der Waals surface area contributed by atoms with Gasteiger partial charge in [0.1, 0.15) is 4.90 Å². The molecule has 3 aromatic rings. The molecule has 3 rings (SSSR count). The number of aromatic amines is 1. The van der Waals surface area contributed by atoms with E-state index in [1.165, 1.54) is 18.3 Å². The molecular formula is C21H24N4O5S. The number of benzene rings is 1. The van der Waals surface area contributed by atoms with Crippen LogP contribution in [0.5, 0.6) is 5.75 Å². The number of esters is 1. The smallest absolute Gasteiger partial charge is 0.318 e. The van der Waals surface area contributed by atoms with Gasteiger partial charge in [-0.3, -0.25) is 14.7 Å². The molecule has 2 aromatic heterocycles. The Balaban J connectivity index is 1.79. The van der Waals surface area contributed by atoms with E-state index in [2.05, 4.69) is 14.8 Å². The first-order valence-corrected chi connectivity index (χ1v) is 11.0. The quantitative estimate of drug-likeness (QED) is 0.563. The number of hydrogen-bond acceptors (Lipinski definition) is 6. The highest BCUT2D eigenvalue weighted by Gasteiger charge is 2.23. The number of nitrogens with zero attached hydrogens (tertiary/aromatic N) is 2. The summed E-state index contributed by atoms with van der Waals surface area (Å²) in [6, 6.07) is 11.8. The summed E-state index contributed by atoms with van der Waals surface area (Å²) in [5, 5.41) is 2.67. The van der Waals surface area contributed by atoms with Crippen LogP contribution in [0, 0.1) is 0 Å². The molecule has 31 heavy (non-hydrogen) atoms. The number of aromatic nitrogens is 3. The maximum Gasteiger partial charge on any atom is 0.318 e. The summed E-state index contributed by atoms with van der Waals surface area (Å²) in [5.74, 6) is -1.15. The van der Waals surface area contributed by atoms with Crippen molar-refractivity contribution >= 4 is 16.0 Å². The zero-order chi connectivity index (χ0) is 22.8. The average molecular weight is 445 g/mol. The predicted molar refractivity (Wildman–Crippen MR) is 115 cm³/mol. The molecule has 0 aliphatic rings. The number of carbonyl (C=O) groups is 1. The van der Waals surface area contributed by atoms with E-state index in [-0.39, 0.29) is 16.5 Å². The molecule has 0 aliphatic heterocycles. The van der Waals surface area contributed by atoms with Crippen LogP contribution in [0.3, 0.4) is 0 Å². The molecule has 0 bridgehead atoms. The molecule has 0 aliphatic carbocycles. The fraction of sp³-hybridized carbons (Fsp3) is 0.286. The number of hydrogen-bond donors (Lipinski definition) is 2. The fourth-order valence-electron chi connectivity index (χ4n) is 2.80. The monoisotopic (exact) mass is 444 g/mol. The lowest BCUT2D eigenvalue weighted by Crippen LogP contribution is -2.40. The molecule has 1 aromatic carbocycles. The molecule has 2 N–H and O–H groups in total. The van der Waals surface area contributed by atoms with Crippen molar-refractivity contribution in [3.63, 3.8) is 0 Å². The molecule has 0 amide bonds. The number of ether oxygens (including phenoxy) is 1. The second kappa shape index (κ2) is 8.48. The third-order valence-electron chi connectivity index (χ3n) is 4.30. The number of rotatable bonds is 6. The zero-order valence-corrected chi connectivity index (χ0v) is 18.4. The number of sulfonamides is 1. The van der Waals surface area contributed by atoms with E-state index < -0.39 is 33.0 Å². The van der Waals surface area contributed by atoms with Crippen molar-refractivity contribution in [3.8, 4) is 11.6 Å². The van der Waals surface area contributed by atoms with Crippen LogP contribution in [0.2, 0.25) is 0 Å². The van der Waals surface area contributed by atoms with Crippen LogP contribution in [0.1, 0.15) is 39.2 Å². The molecular weight excluding hydrogens is 420 g/mol. The van der Waals surface area contributed by atoms with E-state index >= 15 is 0 Å². The van der Waals surface area contributed by atoms with Crippen LogP contribution in [-0.2, 0) is 14.8 Å². The fourth-order valence-corrected chi connectivity index (χ4v) is 4.16. The Morgan fingerprint density at radius 1 is 1.16 bits per heavy atom. The van der Waals surface area contributed by atoms with Crippen molar-refractivity contribution in [2.75, 3.05) is 0 Å². The first-order chi connectivity index (χ1) is 14.5. The minimum absolute atomic E-state index is 0.0332. The van der Waals surface area contributed by atoms with Gasteiger partial charge < -0.3 is 4.74 Å². The Hall–Kier alpha value is -3.24. The average Bonchev–Trinajstić information content (AvgIpc) is 3.06. The van der Waals surface area contributed by atoms with Crippen LogP contribution >= 0.6 is 0 Å². The van der Waals surface area contributed by atoms with Crippen LogP contribution in [-0.4, -0.2) is 34.7 Å². The van der Waals surface area contributed by atoms with E-state index in [9.17, 15) is 18.0 Å². The highest BCUT2D eigenvalue weighted by Crippen LogP contribution is 2.18. The molecule has 9 nitrogen and oxygen atoms in total. The molecule has 164 valence electrons. The van der Waals surface area contributed by atoms with Gasteiger partial charge in [0.05, 0.1) is 12.1 Å². The number of nitrogens with one attached hydrogen (secondary N) is 2. The Kier molecular flexibility index (Phi) is 6.14. The van der Waals surface area contributed by atoms with Crippen molar-refractivity contribution in [2.24, 2.45) is 0 Å². The molecule has 0 saturated carbocycles. The molecule has 2 heterocycles. The van der Waals surface area contributed by atoms with Gasteiger partial charge in [-0.15, -0.1) is 0 Å². The summed E-state index contributed by atoms with van der Waals surface area (Å²) in [5.41, 5.74) is -0.501. The lowest BCUT2D eigenvalue weighted by Gasteiger charge is -2.20. The van der Waals surface area contributed by atoms with E-state index in [1.807, 2.05) is 18.2 Å². The van der Waals surface area contributed by atoms with Gasteiger partial charge in [-0.25, -0.2) is 18.1 Å². The van der Waals surface area contributed by atoms with Gasteiger partial charge in [-0.1, -0.05) is 30.3 Å². The minimum atomic E-state index is -3.75. The summed E-state index contributed by atoms with van der Waals surface area (Å²) < 4.78 is 33.6. The zero-order valence-electron chi connectivity index (χ0n) is 17.6. The van der Waals surface area contributed by atoms with Crippen molar-refractivity contribution in [3.05, 3.63) is 70.8 Å². The van der Waals surface area contributed by atoms with Crippen molar-refractivity contribution in [2.45, 2.75) is 44.0 Å². The topological polar surface area (TPSA) is 123 Å². The number of carbonyl (C=O) groups excluding carboxylic acids is 1. The second-order valence-corrected chi connectivity index (χ2v) is 9.72. The van der Waals surface area contributed by atoms with Crippen molar-refractivity contribution in [1.29, 1.82) is 0 Å². The summed E-state index contributed by atoms with van der Waals surface area (Å²) in [7, 11) is -3.75. The number of pyridine rings is 1. The standard InChI is InChI=1S/C21H24N4O5S/c1-14(15-8-6-5-7-9-15)20(27)30-17-13-23-25(19(17)26)18-11-10-16(12-22-18)31(28,29)24-21(2,3)4/h5-14,23-24H,1-4H3. The van der Waals surface area contributed by atoms with Crippen LogP contribution in [0.4, 0.5) is 0 Å². The maximum atomic E-state index is 12.6. The maximum absolute atomic E-state index is 12.6. The Morgan fingerprint density at radius 3 is 2.42 bits per heavy atom. The SMILES string of the molecule is CC(C(=O)Oc1c[nH]n(-c2ccc(S(=O)(=O)NC(C)(C)C)cn2)c1=O)c1ccccc1. The van der Waals surface area contributed by atoms with Crippen molar-refractivity contribution in [1.82, 2.24) is 19.5 Å². The Labute approximate surface area is 180 Å². The third kappa shape index (κ3) is 5.28. The number of H-pyrrole nitrogens is 1. The summed E-state index contributed by atoms with van der Waals surface area (Å²) >= 11 is 0. The minimum Gasteiger partial charge on any atom is -0.418 e. The van der Waals surface area contributed by atoms with Gasteiger partial charge in [-0.2, -0.15) is 4.68 Å². The van der Waals surface area contributed by atoms with Gasteiger partial charge >= 0.3 is 11.5 Å². The molecule has 0 fully saturated rings. The van der Waals surface area contributed by atoms with Gasteiger partial charge in [0.25, 0.3) is 0 Å². The van der Waals surface area contributed by atoms with E-state index in [4.69, 9.17) is 4.74 Å². The molecule has 0 spiro atoms. The molecule has 0 saturated heterocycles. The molecule has 1 atom stereocenters. The highest BCUT2D eigenvalue weighted by atomic mass is 32.2. The van der Waals surface area contributed by atoms with Crippen LogP contribution in [0.25, 0.3) is 5.82 Å². The van der Waals surface area contributed by atoms with Gasteiger partial charge in [0.2, 0.25) is 15.8 Å². The van der Waals surface area contributed by atoms with E-state index in [1.54, 1.807) is 39.8 Å². The van der Waals surface area contributed by atoms with Crippen LogP contribution < -0.4 is 15.0 Å². The molecule has 0 radical (unpaired) electrons. The van der Waals surface area contributed by atoms with Crippen molar-refractivity contribution < 1.29 is 17.9 Å². The lowest BCUT2D eigenvalue weighted by atomic mass is 10.0. The van der Waals surface area contributed by atoms with Gasteiger partial charge in [0.15, 0.2) is 5.82 Å².